The van der Waals surface area contributed by atoms with Gasteiger partial charge in [0.1, 0.15) is 5.75 Å². The van der Waals surface area contributed by atoms with E-state index in [1.54, 1.807) is 0 Å². The smallest absolute Gasteiger partial charge is 0.437 e. The lowest BCUT2D eigenvalue weighted by atomic mass is 9.89. The number of fused-ring (bicyclic) bond motifs is 6. The standard InChI is InChI=1S/C17H11F6N3O4/c1-7-8(14(27)28)2-3-9-10-5-15(30-25-10,17(21,22)23)12-4-11(16(18,19)20)24-26(12)6-29-13(7)9/h2-4H,5-6H2,1H3,(H,27,28). The number of hydrogen-bond acceptors (Lipinski definition) is 5. The number of aromatic carboxylic acids is 1. The van der Waals surface area contributed by atoms with Crippen LogP contribution in [0.15, 0.2) is 23.4 Å². The van der Waals surface area contributed by atoms with Crippen molar-refractivity contribution in [1.82, 2.24) is 9.78 Å². The fourth-order valence-corrected chi connectivity index (χ4v) is 3.45. The molecule has 1 aromatic carbocycles. The van der Waals surface area contributed by atoms with Crippen LogP contribution in [0.4, 0.5) is 26.3 Å². The number of carboxylic acid groups (broad SMARTS) is 1. The van der Waals surface area contributed by atoms with E-state index in [9.17, 15) is 36.2 Å². The van der Waals surface area contributed by atoms with E-state index < -0.39 is 48.5 Å². The first-order valence-corrected chi connectivity index (χ1v) is 8.32. The molecule has 3 heterocycles. The van der Waals surface area contributed by atoms with Gasteiger partial charge in [0.25, 0.3) is 5.60 Å². The van der Waals surface area contributed by atoms with Crippen LogP contribution >= 0.6 is 0 Å². The van der Waals surface area contributed by atoms with Crippen LogP contribution in [0.5, 0.6) is 5.75 Å². The average Bonchev–Trinajstić information content (AvgIpc) is 3.24. The molecule has 2 bridgehead atoms. The first-order valence-electron chi connectivity index (χ1n) is 8.32. The highest BCUT2D eigenvalue weighted by atomic mass is 19.4. The molecule has 0 spiro atoms. The third kappa shape index (κ3) is 2.79. The Balaban J connectivity index is 1.96. The molecule has 30 heavy (non-hydrogen) atoms. The fraction of sp³-hybridized carbons (Fsp3) is 0.353. The van der Waals surface area contributed by atoms with E-state index in [0.717, 1.165) is 0 Å². The molecule has 2 aliphatic heterocycles. The largest absolute Gasteiger partial charge is 0.478 e. The Morgan fingerprint density at radius 1 is 1.23 bits per heavy atom. The first kappa shape index (κ1) is 20.0. The molecule has 2 aliphatic rings. The van der Waals surface area contributed by atoms with Crippen LogP contribution in [0.1, 0.15) is 39.3 Å². The molecule has 0 radical (unpaired) electrons. The number of oxime groups is 1. The first-order chi connectivity index (χ1) is 13.8. The third-order valence-corrected chi connectivity index (χ3v) is 4.95. The normalized spacial score (nSPS) is 20.7. The number of aromatic nitrogens is 2. The Morgan fingerprint density at radius 3 is 2.53 bits per heavy atom. The van der Waals surface area contributed by atoms with Crippen LogP contribution < -0.4 is 4.74 Å². The van der Waals surface area contributed by atoms with E-state index >= 15 is 0 Å². The lowest BCUT2D eigenvalue weighted by Crippen LogP contribution is -2.44. The number of halogens is 6. The highest BCUT2D eigenvalue weighted by Crippen LogP contribution is 2.51. The molecule has 0 amide bonds. The Morgan fingerprint density at radius 2 is 1.93 bits per heavy atom. The minimum atomic E-state index is -5.14. The van der Waals surface area contributed by atoms with Gasteiger partial charge in [0.05, 0.1) is 23.4 Å². The summed E-state index contributed by atoms with van der Waals surface area (Å²) in [7, 11) is 0. The van der Waals surface area contributed by atoms with Crippen molar-refractivity contribution in [1.29, 1.82) is 0 Å². The van der Waals surface area contributed by atoms with Crippen LogP contribution in [0, 0.1) is 6.92 Å². The molecule has 0 fully saturated rings. The molecule has 0 aliphatic carbocycles. The quantitative estimate of drug-likeness (QED) is 0.688. The number of hydrogen-bond donors (Lipinski definition) is 1. The van der Waals surface area contributed by atoms with Crippen LogP contribution in [-0.4, -0.2) is 32.7 Å². The summed E-state index contributed by atoms with van der Waals surface area (Å²) in [6.07, 6.45) is -11.1. The number of carbonyl (C=O) groups is 1. The molecule has 1 aromatic heterocycles. The van der Waals surface area contributed by atoms with Gasteiger partial charge in [-0.05, 0) is 25.1 Å². The Bertz CT molecular complexity index is 1090. The predicted molar refractivity (Wildman–Crippen MR) is 86.0 cm³/mol. The molecular formula is C17H11F6N3O4. The minimum Gasteiger partial charge on any atom is -0.478 e. The monoisotopic (exact) mass is 435 g/mol. The molecule has 13 heteroatoms. The van der Waals surface area contributed by atoms with E-state index in [2.05, 4.69) is 10.3 Å². The molecule has 1 N–H and O–H groups in total. The molecule has 160 valence electrons. The van der Waals surface area contributed by atoms with Gasteiger partial charge in [-0.25, -0.2) is 9.48 Å². The maximum Gasteiger partial charge on any atom is 0.437 e. The number of rotatable bonds is 1. The van der Waals surface area contributed by atoms with Gasteiger partial charge >= 0.3 is 18.3 Å². The highest BCUT2D eigenvalue weighted by molar-refractivity contribution is 6.05. The Labute approximate surface area is 163 Å². The van der Waals surface area contributed by atoms with Crippen molar-refractivity contribution in [2.24, 2.45) is 5.16 Å². The third-order valence-electron chi connectivity index (χ3n) is 4.95. The SMILES string of the molecule is Cc1c(C(=O)O)ccc2c1OCn1nc(C(F)(F)F)cc1C1(C(F)(F)F)CC2=NO1. The van der Waals surface area contributed by atoms with Crippen molar-refractivity contribution < 1.29 is 45.8 Å². The number of benzene rings is 1. The molecule has 1 unspecified atom stereocenters. The fourth-order valence-electron chi connectivity index (χ4n) is 3.45. The second-order valence-electron chi connectivity index (χ2n) is 6.74. The predicted octanol–water partition coefficient (Wildman–Crippen LogP) is 3.84. The maximum atomic E-state index is 14.0. The zero-order valence-electron chi connectivity index (χ0n) is 14.9. The van der Waals surface area contributed by atoms with Crippen molar-refractivity contribution >= 4 is 11.7 Å². The molecule has 0 saturated carbocycles. The molecule has 2 aromatic rings. The summed E-state index contributed by atoms with van der Waals surface area (Å²) in [5.74, 6) is -1.45. The van der Waals surface area contributed by atoms with Crippen LogP contribution in [0.3, 0.4) is 0 Å². The number of alkyl halides is 6. The van der Waals surface area contributed by atoms with E-state index in [0.29, 0.717) is 4.68 Å². The second-order valence-corrected chi connectivity index (χ2v) is 6.74. The molecule has 1 atom stereocenters. The summed E-state index contributed by atoms with van der Waals surface area (Å²) in [4.78, 5) is 16.1. The van der Waals surface area contributed by atoms with Crippen molar-refractivity contribution in [2.45, 2.75) is 38.0 Å². The summed E-state index contributed by atoms with van der Waals surface area (Å²) in [5.41, 5.74) is -6.01. The molecule has 7 nitrogen and oxygen atoms in total. The number of carboxylic acids is 1. The second kappa shape index (κ2) is 6.12. The van der Waals surface area contributed by atoms with Gasteiger partial charge in [-0.1, -0.05) is 5.16 Å². The Hall–Kier alpha value is -3.25. The number of nitrogens with zero attached hydrogens (tertiary/aromatic N) is 3. The average molecular weight is 435 g/mol. The lowest BCUT2D eigenvalue weighted by Gasteiger charge is -2.29. The summed E-state index contributed by atoms with van der Waals surface area (Å²) >= 11 is 0. The zero-order valence-corrected chi connectivity index (χ0v) is 14.9. The minimum absolute atomic E-state index is 0.0467. The van der Waals surface area contributed by atoms with Gasteiger partial charge in [0, 0.05) is 11.1 Å². The summed E-state index contributed by atoms with van der Waals surface area (Å²) in [6.45, 7) is 0.523. The Kier molecular flexibility index (Phi) is 4.09. The van der Waals surface area contributed by atoms with Gasteiger partial charge in [-0.2, -0.15) is 31.4 Å². The lowest BCUT2D eigenvalue weighted by molar-refractivity contribution is -0.278. The van der Waals surface area contributed by atoms with Crippen molar-refractivity contribution in [3.63, 3.8) is 0 Å². The highest BCUT2D eigenvalue weighted by Gasteiger charge is 2.65. The summed E-state index contributed by atoms with van der Waals surface area (Å²) in [5, 5.41) is 16.0. The topological polar surface area (TPSA) is 85.9 Å². The van der Waals surface area contributed by atoms with Crippen molar-refractivity contribution in [3.8, 4) is 5.75 Å². The van der Waals surface area contributed by atoms with E-state index in [-0.39, 0.29) is 34.2 Å². The number of ether oxygens (including phenoxy) is 1. The molecular weight excluding hydrogens is 424 g/mol. The van der Waals surface area contributed by atoms with E-state index in [1.165, 1.54) is 19.1 Å². The maximum absolute atomic E-state index is 14.0. The van der Waals surface area contributed by atoms with Gasteiger partial charge in [0.2, 0.25) is 0 Å². The molecule has 0 saturated heterocycles. The summed E-state index contributed by atoms with van der Waals surface area (Å²) in [6, 6.07) is 2.64. The van der Waals surface area contributed by atoms with Crippen LogP contribution in [0.2, 0.25) is 0 Å². The van der Waals surface area contributed by atoms with Gasteiger partial charge in [-0.3, -0.25) is 0 Å². The van der Waals surface area contributed by atoms with E-state index in [1.807, 2.05) is 0 Å². The van der Waals surface area contributed by atoms with Crippen LogP contribution in [0.25, 0.3) is 0 Å². The zero-order chi connectivity index (χ0) is 22.1. The van der Waals surface area contributed by atoms with Crippen LogP contribution in [-0.2, 0) is 23.3 Å². The summed E-state index contributed by atoms with van der Waals surface area (Å²) < 4.78 is 87.4. The van der Waals surface area contributed by atoms with Gasteiger partial charge in [-0.15, -0.1) is 0 Å². The van der Waals surface area contributed by atoms with Crippen molar-refractivity contribution in [2.75, 3.05) is 0 Å². The molecule has 4 rings (SSSR count). The van der Waals surface area contributed by atoms with Gasteiger partial charge < -0.3 is 14.7 Å². The van der Waals surface area contributed by atoms with Crippen molar-refractivity contribution in [3.05, 3.63) is 46.3 Å². The van der Waals surface area contributed by atoms with Gasteiger partial charge in [0.15, 0.2) is 12.4 Å². The van der Waals surface area contributed by atoms with E-state index in [4.69, 9.17) is 9.57 Å².